The fraction of sp³-hybridized carbons (Fsp3) is 0.500. The third-order valence-corrected chi connectivity index (χ3v) is 3.71. The summed E-state index contributed by atoms with van der Waals surface area (Å²) in [4.78, 5) is 4.36. The maximum Gasteiger partial charge on any atom is 0.0958 e. The zero-order chi connectivity index (χ0) is 13.3. The number of halogens is 2. The van der Waals surface area contributed by atoms with E-state index in [2.05, 4.69) is 30.3 Å². The van der Waals surface area contributed by atoms with Gasteiger partial charge in [0.1, 0.15) is 0 Å². The average molecular weight is 285 g/mol. The fourth-order valence-corrected chi connectivity index (χ4v) is 2.33. The molecule has 0 saturated heterocycles. The number of hydrogen-bond acceptors (Lipinski definition) is 1. The van der Waals surface area contributed by atoms with Crippen LogP contribution >= 0.6 is 23.2 Å². The van der Waals surface area contributed by atoms with Crippen LogP contribution in [0.2, 0.25) is 10.0 Å². The van der Waals surface area contributed by atoms with Crippen molar-refractivity contribution in [3.63, 3.8) is 0 Å². The molecule has 1 heterocycles. The molecule has 2 aromatic rings. The molecule has 0 amide bonds. The Balaban J connectivity index is 2.17. The van der Waals surface area contributed by atoms with Crippen molar-refractivity contribution in [1.29, 1.82) is 0 Å². The third kappa shape index (κ3) is 3.18. The maximum absolute atomic E-state index is 6.05. The number of aryl methyl sites for hydroxylation is 1. The molecule has 4 heteroatoms. The van der Waals surface area contributed by atoms with Gasteiger partial charge in [-0.1, -0.05) is 44.0 Å². The molecule has 0 bridgehead atoms. The highest BCUT2D eigenvalue weighted by molar-refractivity contribution is 6.42. The van der Waals surface area contributed by atoms with Gasteiger partial charge in [-0.15, -0.1) is 0 Å². The summed E-state index contributed by atoms with van der Waals surface area (Å²) in [7, 11) is 0. The second-order valence-corrected chi connectivity index (χ2v) is 6.67. The first-order valence-electron chi connectivity index (χ1n) is 6.17. The Morgan fingerprint density at radius 3 is 2.50 bits per heavy atom. The fourth-order valence-electron chi connectivity index (χ4n) is 2.01. The van der Waals surface area contributed by atoms with E-state index in [0.29, 0.717) is 15.5 Å². The van der Waals surface area contributed by atoms with Crippen molar-refractivity contribution < 1.29 is 0 Å². The van der Waals surface area contributed by atoms with Crippen molar-refractivity contribution >= 4 is 34.2 Å². The monoisotopic (exact) mass is 284 g/mol. The summed E-state index contributed by atoms with van der Waals surface area (Å²) in [6, 6.07) is 3.71. The normalized spacial score (nSPS) is 12.3. The van der Waals surface area contributed by atoms with Gasteiger partial charge in [0.15, 0.2) is 0 Å². The summed E-state index contributed by atoms with van der Waals surface area (Å²) < 4.78 is 2.14. The lowest BCUT2D eigenvalue weighted by atomic mass is 9.91. The molecule has 0 aliphatic heterocycles. The first kappa shape index (κ1) is 13.7. The molecule has 18 heavy (non-hydrogen) atoms. The molecule has 0 fully saturated rings. The van der Waals surface area contributed by atoms with Crippen LogP contribution in [0.15, 0.2) is 18.5 Å². The van der Waals surface area contributed by atoms with Crippen LogP contribution < -0.4 is 0 Å². The van der Waals surface area contributed by atoms with Crippen molar-refractivity contribution in [3.8, 4) is 0 Å². The highest BCUT2D eigenvalue weighted by Crippen LogP contribution is 2.28. The predicted octanol–water partition coefficient (Wildman–Crippen LogP) is 5.17. The summed E-state index contributed by atoms with van der Waals surface area (Å²) >= 11 is 12.0. The van der Waals surface area contributed by atoms with Gasteiger partial charge < -0.3 is 4.57 Å². The Labute approximate surface area is 118 Å². The SMILES string of the molecule is CC(C)(C)CCCn1cnc2cc(Cl)c(Cl)cc21. The highest BCUT2D eigenvalue weighted by Gasteiger charge is 2.11. The van der Waals surface area contributed by atoms with Crippen molar-refractivity contribution in [2.24, 2.45) is 5.41 Å². The van der Waals surface area contributed by atoms with Gasteiger partial charge in [0.25, 0.3) is 0 Å². The average Bonchev–Trinajstić information content (AvgIpc) is 2.60. The number of benzene rings is 1. The van der Waals surface area contributed by atoms with E-state index >= 15 is 0 Å². The van der Waals surface area contributed by atoms with Gasteiger partial charge in [-0.25, -0.2) is 4.98 Å². The van der Waals surface area contributed by atoms with Crippen LogP contribution in [0.5, 0.6) is 0 Å². The second-order valence-electron chi connectivity index (χ2n) is 5.86. The van der Waals surface area contributed by atoms with Crippen LogP contribution in [0.3, 0.4) is 0 Å². The zero-order valence-corrected chi connectivity index (χ0v) is 12.5. The molecule has 0 aliphatic carbocycles. The van der Waals surface area contributed by atoms with E-state index in [1.807, 2.05) is 18.5 Å². The molecule has 2 nitrogen and oxygen atoms in total. The molecule has 0 radical (unpaired) electrons. The van der Waals surface area contributed by atoms with E-state index < -0.39 is 0 Å². The minimum atomic E-state index is 0.372. The minimum Gasteiger partial charge on any atom is -0.331 e. The van der Waals surface area contributed by atoms with Gasteiger partial charge >= 0.3 is 0 Å². The second kappa shape index (κ2) is 5.10. The van der Waals surface area contributed by atoms with Crippen molar-refractivity contribution in [2.75, 3.05) is 0 Å². The van der Waals surface area contributed by atoms with Crippen molar-refractivity contribution in [2.45, 2.75) is 40.2 Å². The Bertz CT molecular complexity index is 553. The molecule has 0 N–H and O–H groups in total. The Hall–Kier alpha value is -0.730. The zero-order valence-electron chi connectivity index (χ0n) is 11.0. The Morgan fingerprint density at radius 2 is 1.83 bits per heavy atom. The highest BCUT2D eigenvalue weighted by atomic mass is 35.5. The summed E-state index contributed by atoms with van der Waals surface area (Å²) in [5.41, 5.74) is 2.33. The molecule has 0 saturated carbocycles. The Morgan fingerprint density at radius 1 is 1.17 bits per heavy atom. The first-order chi connectivity index (χ1) is 8.37. The number of imidazole rings is 1. The standard InChI is InChI=1S/C14H18Cl2N2/c1-14(2,3)5-4-6-18-9-17-12-7-10(15)11(16)8-13(12)18/h7-9H,4-6H2,1-3H3. The topological polar surface area (TPSA) is 17.8 Å². The summed E-state index contributed by atoms with van der Waals surface area (Å²) in [5, 5.41) is 1.14. The van der Waals surface area contributed by atoms with Crippen LogP contribution in [-0.2, 0) is 6.54 Å². The van der Waals surface area contributed by atoms with Gasteiger partial charge in [0.05, 0.1) is 27.4 Å². The molecule has 0 spiro atoms. The molecule has 2 rings (SSSR count). The lowest BCUT2D eigenvalue weighted by Gasteiger charge is -2.17. The summed E-state index contributed by atoms with van der Waals surface area (Å²) in [6.07, 6.45) is 4.18. The maximum atomic E-state index is 6.05. The van der Waals surface area contributed by atoms with E-state index in [0.717, 1.165) is 24.0 Å². The van der Waals surface area contributed by atoms with Gasteiger partial charge in [-0.3, -0.25) is 0 Å². The first-order valence-corrected chi connectivity index (χ1v) is 6.92. The predicted molar refractivity (Wildman–Crippen MR) is 78.4 cm³/mol. The molecule has 98 valence electrons. The smallest absolute Gasteiger partial charge is 0.0958 e. The van der Waals surface area contributed by atoms with Crippen molar-refractivity contribution in [1.82, 2.24) is 9.55 Å². The third-order valence-electron chi connectivity index (χ3n) is 2.99. The molecule has 1 aromatic carbocycles. The van der Waals surface area contributed by atoms with Crippen LogP contribution in [0.25, 0.3) is 11.0 Å². The lowest BCUT2D eigenvalue weighted by Crippen LogP contribution is -2.07. The van der Waals surface area contributed by atoms with Gasteiger partial charge in [0.2, 0.25) is 0 Å². The van der Waals surface area contributed by atoms with Crippen LogP contribution in [0.4, 0.5) is 0 Å². The molecule has 0 unspecified atom stereocenters. The van der Waals surface area contributed by atoms with Gasteiger partial charge in [-0.2, -0.15) is 0 Å². The van der Waals surface area contributed by atoms with E-state index in [1.54, 1.807) is 0 Å². The molecule has 0 aliphatic rings. The van der Waals surface area contributed by atoms with E-state index in [-0.39, 0.29) is 0 Å². The number of hydrogen-bond donors (Lipinski definition) is 0. The van der Waals surface area contributed by atoms with Crippen molar-refractivity contribution in [3.05, 3.63) is 28.5 Å². The number of nitrogens with zero attached hydrogens (tertiary/aromatic N) is 2. The van der Waals surface area contributed by atoms with Gasteiger partial charge in [-0.05, 0) is 30.4 Å². The van der Waals surface area contributed by atoms with Crippen LogP contribution in [-0.4, -0.2) is 9.55 Å². The summed E-state index contributed by atoms with van der Waals surface area (Å²) in [5.74, 6) is 0. The minimum absolute atomic E-state index is 0.372. The Kier molecular flexibility index (Phi) is 3.88. The van der Waals surface area contributed by atoms with Gasteiger partial charge in [0, 0.05) is 6.54 Å². The number of aromatic nitrogens is 2. The molecule has 0 atom stereocenters. The quantitative estimate of drug-likeness (QED) is 0.760. The largest absolute Gasteiger partial charge is 0.331 e. The van der Waals surface area contributed by atoms with E-state index in [9.17, 15) is 0 Å². The number of fused-ring (bicyclic) bond motifs is 1. The molecular weight excluding hydrogens is 267 g/mol. The summed E-state index contributed by atoms with van der Waals surface area (Å²) in [6.45, 7) is 7.74. The van der Waals surface area contributed by atoms with E-state index in [4.69, 9.17) is 23.2 Å². The lowest BCUT2D eigenvalue weighted by molar-refractivity contribution is 0.354. The molecular formula is C14H18Cl2N2. The molecule has 1 aromatic heterocycles. The van der Waals surface area contributed by atoms with Crippen LogP contribution in [0.1, 0.15) is 33.6 Å². The van der Waals surface area contributed by atoms with Crippen LogP contribution in [0, 0.1) is 5.41 Å². The van der Waals surface area contributed by atoms with E-state index in [1.165, 1.54) is 6.42 Å². The number of rotatable bonds is 3.